The van der Waals surface area contributed by atoms with Crippen LogP contribution >= 0.6 is 10.9 Å². The third-order valence-corrected chi connectivity index (χ3v) is 5.05. The van der Waals surface area contributed by atoms with Gasteiger partial charge in [0.15, 0.2) is 0 Å². The summed E-state index contributed by atoms with van der Waals surface area (Å²) in [4.78, 5) is -0.0900. The summed E-state index contributed by atoms with van der Waals surface area (Å²) in [6.45, 7) is 1.63. The maximum atomic E-state index is 10.1. The van der Waals surface area contributed by atoms with Gasteiger partial charge in [-0.05, 0) is 49.0 Å². The first-order chi connectivity index (χ1) is 11.9. The Balaban J connectivity index is 1.90. The van der Waals surface area contributed by atoms with Gasteiger partial charge in [-0.3, -0.25) is 0 Å². The average molecular weight is 368 g/mol. The molecule has 0 bridgehead atoms. The lowest BCUT2D eigenvalue weighted by Gasteiger charge is -2.20. The van der Waals surface area contributed by atoms with Crippen LogP contribution in [0.25, 0.3) is 10.8 Å². The molecule has 0 fully saturated rings. The van der Waals surface area contributed by atoms with Gasteiger partial charge in [0.1, 0.15) is 16.6 Å². The molecule has 0 aliphatic rings. The molecule has 0 saturated carbocycles. The number of hydrogen-bond donors (Lipinski definition) is 6. The number of unbranched alkanes of at least 4 members (excludes halogenated alkanes) is 5. The van der Waals surface area contributed by atoms with Gasteiger partial charge in [0, 0.05) is 17.6 Å². The fourth-order valence-corrected chi connectivity index (χ4v) is 3.34. The maximum Gasteiger partial charge on any atom is 0.124 e. The minimum Gasteiger partial charge on any atom is -0.507 e. The number of phenols is 1. The largest absolute Gasteiger partial charge is 0.507 e. The monoisotopic (exact) mass is 368 g/mol. The third kappa shape index (κ3) is 6.05. The molecule has 0 saturated heterocycles. The summed E-state index contributed by atoms with van der Waals surface area (Å²) in [7, 11) is -3.84. The predicted molar refractivity (Wildman–Crippen MR) is 105 cm³/mol. The Morgan fingerprint density at radius 1 is 0.880 bits per heavy atom. The van der Waals surface area contributed by atoms with E-state index < -0.39 is 10.9 Å². The molecule has 0 unspecified atom stereocenters. The maximum absolute atomic E-state index is 10.1. The van der Waals surface area contributed by atoms with Crippen molar-refractivity contribution in [3.63, 3.8) is 0 Å². The molecule has 7 N–H and O–H groups in total. The molecule has 0 aliphatic carbocycles. The first-order valence-corrected chi connectivity index (χ1v) is 10.1. The van der Waals surface area contributed by atoms with E-state index in [0.29, 0.717) is 10.8 Å². The number of phenolic OH excluding ortho intramolecular Hbond substituents is 1. The Labute approximate surface area is 150 Å². The van der Waals surface area contributed by atoms with E-state index in [-0.39, 0.29) is 10.6 Å². The lowest BCUT2D eigenvalue weighted by Crippen LogP contribution is -2.01. The van der Waals surface area contributed by atoms with E-state index in [0.717, 1.165) is 31.6 Å². The molecule has 0 heterocycles. The summed E-state index contributed by atoms with van der Waals surface area (Å²) in [6.07, 6.45) is 7.01. The van der Waals surface area contributed by atoms with Crippen LogP contribution in [0.3, 0.4) is 0 Å². The normalized spacial score (nSPS) is 12.5. The molecule has 0 atom stereocenters. The average Bonchev–Trinajstić information content (AvgIpc) is 2.56. The van der Waals surface area contributed by atoms with Crippen molar-refractivity contribution in [1.29, 1.82) is 0 Å². The molecule has 0 spiro atoms. The van der Waals surface area contributed by atoms with Crippen LogP contribution in [0, 0.1) is 0 Å². The molecule has 6 nitrogen and oxygen atoms in total. The van der Waals surface area contributed by atoms with Crippen molar-refractivity contribution in [2.45, 2.75) is 43.4 Å². The quantitative estimate of drug-likeness (QED) is 0.334. The van der Waals surface area contributed by atoms with E-state index in [1.54, 1.807) is 6.07 Å². The zero-order valence-electron chi connectivity index (χ0n) is 14.3. The molecule has 25 heavy (non-hydrogen) atoms. The number of anilines is 1. The standard InChI is InChI=1S/C18H28N2O4S/c19-9-5-3-1-2-4-6-10-20-15-8-7-14-11-16(25(22,23)24)13-18(21)17(14)12-15/h7-8,11-13,20-24H,1-6,9-10,19H2. The zero-order valence-corrected chi connectivity index (χ0v) is 15.1. The molecule has 0 radical (unpaired) electrons. The highest BCUT2D eigenvalue weighted by atomic mass is 32.3. The Morgan fingerprint density at radius 2 is 1.56 bits per heavy atom. The second-order valence-electron chi connectivity index (χ2n) is 6.23. The van der Waals surface area contributed by atoms with Gasteiger partial charge in [0.05, 0.1) is 4.90 Å². The highest BCUT2D eigenvalue weighted by molar-refractivity contribution is 8.19. The van der Waals surface area contributed by atoms with Gasteiger partial charge >= 0.3 is 0 Å². The topological polar surface area (TPSA) is 119 Å². The van der Waals surface area contributed by atoms with E-state index in [9.17, 15) is 18.8 Å². The smallest absolute Gasteiger partial charge is 0.124 e. The van der Waals surface area contributed by atoms with Gasteiger partial charge in [-0.2, -0.15) is 0 Å². The van der Waals surface area contributed by atoms with Gasteiger partial charge < -0.3 is 29.8 Å². The number of rotatable bonds is 10. The van der Waals surface area contributed by atoms with E-state index >= 15 is 0 Å². The van der Waals surface area contributed by atoms with Crippen LogP contribution in [0.5, 0.6) is 5.75 Å². The van der Waals surface area contributed by atoms with Crippen molar-refractivity contribution in [3.8, 4) is 5.75 Å². The summed E-state index contributed by atoms with van der Waals surface area (Å²) in [5, 5.41) is 14.7. The molecule has 0 aliphatic heterocycles. The lowest BCUT2D eigenvalue weighted by atomic mass is 10.1. The highest BCUT2D eigenvalue weighted by Gasteiger charge is 2.18. The third-order valence-electron chi connectivity index (χ3n) is 4.18. The number of aromatic hydroxyl groups is 1. The molecule has 0 aromatic heterocycles. The predicted octanol–water partition coefficient (Wildman–Crippen LogP) is 4.84. The van der Waals surface area contributed by atoms with Crippen molar-refractivity contribution in [2.24, 2.45) is 5.73 Å². The number of benzene rings is 2. The SMILES string of the molecule is NCCCCCCCCNc1ccc2cc(S(O)(O)O)cc(O)c2c1. The van der Waals surface area contributed by atoms with Crippen molar-refractivity contribution < 1.29 is 18.8 Å². The Kier molecular flexibility index (Phi) is 7.34. The first-order valence-electron chi connectivity index (χ1n) is 8.63. The van der Waals surface area contributed by atoms with Crippen LogP contribution < -0.4 is 11.1 Å². The molecular formula is C18H28N2O4S. The van der Waals surface area contributed by atoms with E-state index in [2.05, 4.69) is 5.32 Å². The molecule has 2 aromatic rings. The van der Waals surface area contributed by atoms with Crippen LogP contribution in [0.15, 0.2) is 35.2 Å². The van der Waals surface area contributed by atoms with E-state index in [1.807, 2.05) is 12.1 Å². The van der Waals surface area contributed by atoms with Gasteiger partial charge in [-0.1, -0.05) is 31.7 Å². The lowest BCUT2D eigenvalue weighted by molar-refractivity contribution is 0.375. The van der Waals surface area contributed by atoms with Crippen LogP contribution in [-0.4, -0.2) is 31.9 Å². The van der Waals surface area contributed by atoms with Gasteiger partial charge in [-0.25, -0.2) is 0 Å². The van der Waals surface area contributed by atoms with Crippen molar-refractivity contribution in [2.75, 3.05) is 18.4 Å². The zero-order chi connectivity index (χ0) is 18.3. The minimum atomic E-state index is -3.84. The van der Waals surface area contributed by atoms with Crippen LogP contribution in [-0.2, 0) is 0 Å². The molecule has 7 heteroatoms. The number of fused-ring (bicyclic) bond motifs is 1. The van der Waals surface area contributed by atoms with Crippen molar-refractivity contribution in [1.82, 2.24) is 0 Å². The molecule has 0 amide bonds. The fourth-order valence-electron chi connectivity index (χ4n) is 2.79. The molecule has 2 rings (SSSR count). The summed E-state index contributed by atoms with van der Waals surface area (Å²) in [6, 6.07) is 8.12. The Hall–Kier alpha value is -1.51. The molecule has 2 aromatic carbocycles. The fraction of sp³-hybridized carbons (Fsp3) is 0.444. The van der Waals surface area contributed by atoms with Crippen molar-refractivity contribution in [3.05, 3.63) is 30.3 Å². The summed E-state index contributed by atoms with van der Waals surface area (Å²) < 4.78 is 28.0. The highest BCUT2D eigenvalue weighted by Crippen LogP contribution is 2.46. The van der Waals surface area contributed by atoms with E-state index in [1.165, 1.54) is 37.8 Å². The Bertz CT molecular complexity index is 689. The number of nitrogens with two attached hydrogens (primary N) is 1. The number of hydrogen-bond acceptors (Lipinski definition) is 6. The Morgan fingerprint density at radius 3 is 2.24 bits per heavy atom. The minimum absolute atomic E-state index is 0.0900. The van der Waals surface area contributed by atoms with Crippen molar-refractivity contribution >= 4 is 27.3 Å². The summed E-state index contributed by atoms with van der Waals surface area (Å²) in [5.41, 5.74) is 6.37. The van der Waals surface area contributed by atoms with Crippen LogP contribution in [0.4, 0.5) is 5.69 Å². The van der Waals surface area contributed by atoms with Gasteiger partial charge in [0.2, 0.25) is 0 Å². The summed E-state index contributed by atoms with van der Waals surface area (Å²) in [5.74, 6) is -0.0925. The van der Waals surface area contributed by atoms with E-state index in [4.69, 9.17) is 5.73 Å². The number of nitrogens with one attached hydrogen (secondary N) is 1. The second-order valence-corrected chi connectivity index (χ2v) is 7.74. The van der Waals surface area contributed by atoms with Crippen LogP contribution in [0.1, 0.15) is 38.5 Å². The van der Waals surface area contributed by atoms with Gasteiger partial charge in [-0.15, -0.1) is 0 Å². The molecule has 140 valence electrons. The summed E-state index contributed by atoms with van der Waals surface area (Å²) >= 11 is 0. The second kappa shape index (κ2) is 9.26. The molecular weight excluding hydrogens is 340 g/mol. The first kappa shape index (κ1) is 19.8. The van der Waals surface area contributed by atoms with Crippen LogP contribution in [0.2, 0.25) is 0 Å². The van der Waals surface area contributed by atoms with Gasteiger partial charge in [0.25, 0.3) is 0 Å².